The molecule has 0 saturated heterocycles. The van der Waals surface area contributed by atoms with Crippen LogP contribution in [0.5, 0.6) is 5.75 Å². The highest BCUT2D eigenvalue weighted by molar-refractivity contribution is 6.31. The summed E-state index contributed by atoms with van der Waals surface area (Å²) < 4.78 is 11.8. The molecule has 0 radical (unpaired) electrons. The number of hydrogen-bond acceptors (Lipinski definition) is 6. The largest absolute Gasteiger partial charge is 0.489 e. The van der Waals surface area contributed by atoms with Gasteiger partial charge in [0.1, 0.15) is 18.4 Å². The third kappa shape index (κ3) is 6.06. The van der Waals surface area contributed by atoms with Crippen LogP contribution in [0.25, 0.3) is 11.5 Å². The van der Waals surface area contributed by atoms with E-state index in [9.17, 15) is 5.26 Å². The van der Waals surface area contributed by atoms with E-state index in [1.165, 1.54) is 5.56 Å². The van der Waals surface area contributed by atoms with Gasteiger partial charge >= 0.3 is 0 Å². The summed E-state index contributed by atoms with van der Waals surface area (Å²) in [6, 6.07) is 27.6. The Labute approximate surface area is 217 Å². The predicted octanol–water partition coefficient (Wildman–Crippen LogP) is 6.94. The van der Waals surface area contributed by atoms with Gasteiger partial charge < -0.3 is 14.5 Å². The van der Waals surface area contributed by atoms with Crippen molar-refractivity contribution in [3.63, 3.8) is 0 Å². The highest BCUT2D eigenvalue weighted by Crippen LogP contribution is 2.29. The molecule has 1 N–H and O–H groups in total. The molecule has 0 aliphatic heterocycles. The van der Waals surface area contributed by atoms with Crippen molar-refractivity contribution in [1.82, 2.24) is 9.88 Å². The molecule has 1 unspecified atom stereocenters. The Bertz CT molecular complexity index is 1300. The lowest BCUT2D eigenvalue weighted by Crippen LogP contribution is -2.33. The topological polar surface area (TPSA) is 74.3 Å². The van der Waals surface area contributed by atoms with Crippen LogP contribution in [0, 0.1) is 11.3 Å². The molecule has 0 bridgehead atoms. The molecule has 0 fully saturated rings. The zero-order chi connectivity index (χ0) is 25.3. The molecule has 36 heavy (non-hydrogen) atoms. The first-order valence-corrected chi connectivity index (χ1v) is 12.4. The molecule has 7 heteroatoms. The van der Waals surface area contributed by atoms with Crippen LogP contribution in [0.2, 0.25) is 5.02 Å². The molecule has 4 aromatic rings. The smallest absolute Gasteiger partial charge is 0.232 e. The van der Waals surface area contributed by atoms with E-state index >= 15 is 0 Å². The number of aromatic nitrogens is 1. The number of halogens is 1. The van der Waals surface area contributed by atoms with Gasteiger partial charge in [-0.2, -0.15) is 10.2 Å². The number of likely N-dealkylation sites (N-methyl/N-ethyl adjacent to an activating group) is 1. The number of ether oxygens (including phenoxy) is 1. The van der Waals surface area contributed by atoms with Crippen molar-refractivity contribution in [2.45, 2.75) is 26.5 Å². The molecule has 3 aromatic carbocycles. The fraction of sp³-hybridized carbons (Fsp3) is 0.241. The minimum absolute atomic E-state index is 0.135. The number of nitrogens with zero attached hydrogens (tertiary/aromatic N) is 3. The molecule has 1 aromatic heterocycles. The summed E-state index contributed by atoms with van der Waals surface area (Å²) in [6.07, 6.45) is 0. The Morgan fingerprint density at radius 2 is 1.69 bits per heavy atom. The molecule has 0 amide bonds. The number of anilines is 1. The van der Waals surface area contributed by atoms with Gasteiger partial charge in [-0.1, -0.05) is 74.0 Å². The quantitative estimate of drug-likeness (QED) is 0.240. The van der Waals surface area contributed by atoms with E-state index < -0.39 is 0 Å². The maximum atomic E-state index is 9.65. The van der Waals surface area contributed by atoms with Crippen LogP contribution in [-0.2, 0) is 6.61 Å². The first kappa shape index (κ1) is 25.3. The first-order valence-electron chi connectivity index (χ1n) is 12.0. The van der Waals surface area contributed by atoms with Crippen molar-refractivity contribution in [1.29, 1.82) is 5.26 Å². The van der Waals surface area contributed by atoms with Crippen LogP contribution in [0.1, 0.15) is 36.7 Å². The average Bonchev–Trinajstić information content (AvgIpc) is 3.34. The second kappa shape index (κ2) is 12.3. The first-order chi connectivity index (χ1) is 17.6. The van der Waals surface area contributed by atoms with Gasteiger partial charge in [-0.05, 0) is 49.0 Å². The lowest BCUT2D eigenvalue weighted by atomic mass is 10.1. The van der Waals surface area contributed by atoms with Crippen molar-refractivity contribution >= 4 is 17.5 Å². The second-order valence-corrected chi connectivity index (χ2v) is 8.65. The van der Waals surface area contributed by atoms with Crippen molar-refractivity contribution in [2.24, 2.45) is 0 Å². The van der Waals surface area contributed by atoms with Gasteiger partial charge in [-0.15, -0.1) is 0 Å². The molecule has 1 heterocycles. The van der Waals surface area contributed by atoms with Gasteiger partial charge in [-0.25, -0.2) is 0 Å². The Morgan fingerprint density at radius 1 is 1.00 bits per heavy atom. The normalized spacial score (nSPS) is 11.8. The third-order valence-corrected chi connectivity index (χ3v) is 6.45. The molecular weight excluding hydrogens is 472 g/mol. The van der Waals surface area contributed by atoms with Gasteiger partial charge in [0, 0.05) is 22.7 Å². The van der Waals surface area contributed by atoms with Gasteiger partial charge in [0.25, 0.3) is 0 Å². The van der Waals surface area contributed by atoms with Crippen LogP contribution in [0.15, 0.2) is 83.3 Å². The number of hydrogen-bond donors (Lipinski definition) is 1. The van der Waals surface area contributed by atoms with E-state index in [1.807, 2.05) is 66.7 Å². The third-order valence-electron chi connectivity index (χ3n) is 6.08. The Hall–Kier alpha value is -3.79. The summed E-state index contributed by atoms with van der Waals surface area (Å²) in [6.45, 7) is 7.08. The fourth-order valence-electron chi connectivity index (χ4n) is 4.10. The van der Waals surface area contributed by atoms with Crippen molar-refractivity contribution in [3.8, 4) is 23.3 Å². The maximum absolute atomic E-state index is 9.65. The summed E-state index contributed by atoms with van der Waals surface area (Å²) in [4.78, 5) is 6.78. The molecule has 0 saturated carbocycles. The molecule has 0 spiro atoms. The molecule has 0 aliphatic carbocycles. The highest BCUT2D eigenvalue weighted by atomic mass is 35.5. The Morgan fingerprint density at radius 3 is 2.36 bits per heavy atom. The summed E-state index contributed by atoms with van der Waals surface area (Å²) in [7, 11) is 0. The van der Waals surface area contributed by atoms with Gasteiger partial charge in [0.15, 0.2) is 0 Å². The van der Waals surface area contributed by atoms with Crippen LogP contribution in [-0.4, -0.2) is 29.5 Å². The maximum Gasteiger partial charge on any atom is 0.232 e. The monoisotopic (exact) mass is 500 g/mol. The van der Waals surface area contributed by atoms with Crippen LogP contribution in [0.3, 0.4) is 0 Å². The van der Waals surface area contributed by atoms with E-state index in [0.717, 1.165) is 24.2 Å². The SMILES string of the molecule is CCN(CC)C(CNc1oc(-c2ccc(OCc3ccccc3Cl)cc2)nc1C#N)c1ccccc1. The van der Waals surface area contributed by atoms with Crippen LogP contribution >= 0.6 is 11.6 Å². The lowest BCUT2D eigenvalue weighted by Gasteiger charge is -2.30. The lowest BCUT2D eigenvalue weighted by molar-refractivity contribution is 0.227. The molecule has 184 valence electrons. The summed E-state index contributed by atoms with van der Waals surface area (Å²) in [5.74, 6) is 1.46. The molecule has 4 rings (SSSR count). The number of rotatable bonds is 11. The van der Waals surface area contributed by atoms with Gasteiger partial charge in [0.2, 0.25) is 17.5 Å². The van der Waals surface area contributed by atoms with Crippen LogP contribution in [0.4, 0.5) is 5.88 Å². The van der Waals surface area contributed by atoms with Crippen LogP contribution < -0.4 is 10.1 Å². The number of nitrogens with one attached hydrogen (secondary N) is 1. The molecule has 0 aliphatic rings. The second-order valence-electron chi connectivity index (χ2n) is 8.24. The van der Waals surface area contributed by atoms with Crippen molar-refractivity contribution in [2.75, 3.05) is 25.0 Å². The summed E-state index contributed by atoms with van der Waals surface area (Å²) in [5.41, 5.74) is 3.12. The van der Waals surface area contributed by atoms with Gasteiger partial charge in [0.05, 0.1) is 6.04 Å². The molecular formula is C29H29ClN4O2. The Kier molecular flexibility index (Phi) is 8.62. The average molecular weight is 501 g/mol. The standard InChI is InChI=1S/C29H29ClN4O2/c1-3-34(4-2)27(21-10-6-5-7-11-21)19-32-29-26(18-31)33-28(36-29)22-14-16-24(17-15-22)35-20-23-12-8-9-13-25(23)30/h5-17,27,32H,3-4,19-20H2,1-2H3. The minimum Gasteiger partial charge on any atom is -0.489 e. The number of benzene rings is 3. The fourth-order valence-corrected chi connectivity index (χ4v) is 4.29. The van der Waals surface area contributed by atoms with E-state index in [2.05, 4.69) is 47.3 Å². The summed E-state index contributed by atoms with van der Waals surface area (Å²) in [5, 5.41) is 13.7. The molecule has 1 atom stereocenters. The van der Waals surface area contributed by atoms with E-state index in [0.29, 0.717) is 35.7 Å². The predicted molar refractivity (Wildman–Crippen MR) is 143 cm³/mol. The van der Waals surface area contributed by atoms with Crippen molar-refractivity contribution < 1.29 is 9.15 Å². The number of oxazole rings is 1. The zero-order valence-electron chi connectivity index (χ0n) is 20.4. The van der Waals surface area contributed by atoms with Crippen molar-refractivity contribution in [3.05, 3.63) is 101 Å². The van der Waals surface area contributed by atoms with E-state index in [-0.39, 0.29) is 11.7 Å². The zero-order valence-corrected chi connectivity index (χ0v) is 21.2. The molecule has 6 nitrogen and oxygen atoms in total. The summed E-state index contributed by atoms with van der Waals surface area (Å²) >= 11 is 6.20. The minimum atomic E-state index is 0.135. The van der Waals surface area contributed by atoms with E-state index in [4.69, 9.17) is 20.8 Å². The highest BCUT2D eigenvalue weighted by Gasteiger charge is 2.20. The van der Waals surface area contributed by atoms with E-state index in [1.54, 1.807) is 0 Å². The van der Waals surface area contributed by atoms with Gasteiger partial charge in [-0.3, -0.25) is 4.90 Å². The Balaban J connectivity index is 1.46. The number of nitriles is 1.